The van der Waals surface area contributed by atoms with E-state index in [4.69, 9.17) is 4.74 Å². The second-order valence-corrected chi connectivity index (χ2v) is 8.32. The zero-order valence-electron chi connectivity index (χ0n) is 17.6. The normalized spacial score (nSPS) is 17.2. The number of ether oxygens (including phenoxy) is 1. The largest absolute Gasteiger partial charge is 0.481 e. The van der Waals surface area contributed by atoms with Crippen LogP contribution in [0.1, 0.15) is 37.3 Å². The van der Waals surface area contributed by atoms with Crippen molar-refractivity contribution in [1.82, 2.24) is 10.2 Å². The summed E-state index contributed by atoms with van der Waals surface area (Å²) in [6.07, 6.45) is -0.205. The summed E-state index contributed by atoms with van der Waals surface area (Å²) < 4.78 is 5.48. The molecule has 2 aliphatic rings. The van der Waals surface area contributed by atoms with E-state index >= 15 is 0 Å². The number of alkyl carbamates (subject to hydrolysis) is 1. The second-order valence-electron chi connectivity index (χ2n) is 8.32. The van der Waals surface area contributed by atoms with Crippen molar-refractivity contribution in [3.8, 4) is 11.1 Å². The molecule has 2 aromatic carbocycles. The number of benzene rings is 2. The topological polar surface area (TPSA) is 95.9 Å². The van der Waals surface area contributed by atoms with Gasteiger partial charge in [0, 0.05) is 19.0 Å². The summed E-state index contributed by atoms with van der Waals surface area (Å²) in [5.41, 5.74) is 3.65. The Hall–Kier alpha value is -3.35. The monoisotopic (exact) mass is 422 g/mol. The molecule has 0 bridgehead atoms. The number of carboxylic acids is 1. The number of fused-ring (bicyclic) bond motifs is 3. The molecule has 0 unspecified atom stereocenters. The van der Waals surface area contributed by atoms with Crippen LogP contribution in [0.3, 0.4) is 0 Å². The van der Waals surface area contributed by atoms with Crippen LogP contribution in [0.4, 0.5) is 4.79 Å². The third-order valence-corrected chi connectivity index (χ3v) is 6.48. The molecule has 0 aromatic heterocycles. The van der Waals surface area contributed by atoms with Gasteiger partial charge < -0.3 is 20.1 Å². The Morgan fingerprint density at radius 3 is 2.16 bits per heavy atom. The van der Waals surface area contributed by atoms with Gasteiger partial charge in [-0.2, -0.15) is 0 Å². The number of nitrogens with zero attached hydrogens (tertiary/aromatic N) is 1. The van der Waals surface area contributed by atoms with Crippen LogP contribution in [0.5, 0.6) is 0 Å². The van der Waals surface area contributed by atoms with Gasteiger partial charge in [-0.25, -0.2) is 4.79 Å². The van der Waals surface area contributed by atoms with Crippen molar-refractivity contribution < 1.29 is 24.2 Å². The lowest BCUT2D eigenvalue weighted by Gasteiger charge is -2.47. The number of carbonyl (C=O) groups is 3. The molecule has 1 heterocycles. The number of likely N-dealkylation sites (tertiary alicyclic amines) is 1. The van der Waals surface area contributed by atoms with Crippen LogP contribution in [-0.4, -0.2) is 53.7 Å². The molecule has 2 N–H and O–H groups in total. The number of amides is 2. The van der Waals surface area contributed by atoms with E-state index in [9.17, 15) is 19.5 Å². The number of carboxylic acid groups (broad SMARTS) is 1. The molecule has 1 aliphatic heterocycles. The van der Waals surface area contributed by atoms with Gasteiger partial charge in [-0.05, 0) is 35.6 Å². The van der Waals surface area contributed by atoms with Crippen molar-refractivity contribution in [1.29, 1.82) is 0 Å². The van der Waals surface area contributed by atoms with E-state index in [1.807, 2.05) is 36.4 Å². The summed E-state index contributed by atoms with van der Waals surface area (Å²) in [6, 6.07) is 15.3. The van der Waals surface area contributed by atoms with Crippen molar-refractivity contribution in [3.63, 3.8) is 0 Å². The molecule has 0 saturated carbocycles. The Kier molecular flexibility index (Phi) is 5.43. The lowest BCUT2D eigenvalue weighted by atomic mass is 9.77. The Balaban J connectivity index is 1.34. The molecule has 31 heavy (non-hydrogen) atoms. The van der Waals surface area contributed by atoms with E-state index < -0.39 is 23.5 Å². The second kappa shape index (κ2) is 8.06. The average Bonchev–Trinajstić information content (AvgIpc) is 3.05. The van der Waals surface area contributed by atoms with E-state index in [0.717, 1.165) is 22.3 Å². The highest BCUT2D eigenvalue weighted by atomic mass is 16.5. The zero-order valence-corrected chi connectivity index (χ0v) is 17.6. The SMILES string of the molecule is CCC1(C(=O)O)CN(C(=O)[C@H](C)NC(=O)OCC2c3ccccc3-c3ccccc32)C1. The molecular weight excluding hydrogens is 396 g/mol. The molecule has 2 aromatic rings. The molecular formula is C24H26N2O5. The smallest absolute Gasteiger partial charge is 0.407 e. The van der Waals surface area contributed by atoms with Crippen LogP contribution in [-0.2, 0) is 14.3 Å². The number of hydrogen-bond donors (Lipinski definition) is 2. The number of nitrogens with one attached hydrogen (secondary N) is 1. The van der Waals surface area contributed by atoms with Crippen LogP contribution in [0, 0.1) is 5.41 Å². The minimum atomic E-state index is -0.892. The van der Waals surface area contributed by atoms with E-state index in [-0.39, 0.29) is 31.5 Å². The molecule has 1 atom stereocenters. The maximum absolute atomic E-state index is 12.5. The summed E-state index contributed by atoms with van der Waals surface area (Å²) in [6.45, 7) is 3.87. The summed E-state index contributed by atoms with van der Waals surface area (Å²) in [4.78, 5) is 37.8. The van der Waals surface area contributed by atoms with Gasteiger partial charge in [0.05, 0.1) is 0 Å². The van der Waals surface area contributed by atoms with E-state index in [2.05, 4.69) is 17.4 Å². The van der Waals surface area contributed by atoms with Crippen molar-refractivity contribution >= 4 is 18.0 Å². The average molecular weight is 422 g/mol. The first-order valence-corrected chi connectivity index (χ1v) is 10.5. The van der Waals surface area contributed by atoms with Gasteiger partial charge in [0.25, 0.3) is 0 Å². The summed E-state index contributed by atoms with van der Waals surface area (Å²) >= 11 is 0. The maximum Gasteiger partial charge on any atom is 0.407 e. The molecule has 0 spiro atoms. The molecule has 1 saturated heterocycles. The number of rotatable bonds is 6. The molecule has 7 heteroatoms. The van der Waals surface area contributed by atoms with Crippen molar-refractivity contribution in [3.05, 3.63) is 59.7 Å². The molecule has 162 valence electrons. The fourth-order valence-corrected chi connectivity index (χ4v) is 4.50. The van der Waals surface area contributed by atoms with Gasteiger partial charge in [-0.1, -0.05) is 55.5 Å². The zero-order chi connectivity index (χ0) is 22.2. The highest BCUT2D eigenvalue weighted by Gasteiger charge is 2.50. The van der Waals surface area contributed by atoms with E-state index in [1.165, 1.54) is 4.90 Å². The highest BCUT2D eigenvalue weighted by molar-refractivity contribution is 5.88. The predicted molar refractivity (Wildman–Crippen MR) is 115 cm³/mol. The maximum atomic E-state index is 12.5. The first-order valence-electron chi connectivity index (χ1n) is 10.5. The Bertz CT molecular complexity index is 983. The Labute approximate surface area is 181 Å². The van der Waals surface area contributed by atoms with Crippen LogP contribution in [0.15, 0.2) is 48.5 Å². The van der Waals surface area contributed by atoms with E-state index in [1.54, 1.807) is 13.8 Å². The van der Waals surface area contributed by atoms with Crippen LogP contribution < -0.4 is 5.32 Å². The number of carbonyl (C=O) groups excluding carboxylic acids is 2. The van der Waals surface area contributed by atoms with Crippen LogP contribution in [0.2, 0.25) is 0 Å². The summed E-state index contributed by atoms with van der Waals surface area (Å²) in [5.74, 6) is -1.25. The van der Waals surface area contributed by atoms with Gasteiger partial charge in [0.2, 0.25) is 5.91 Å². The number of hydrogen-bond acceptors (Lipinski definition) is 4. The fraction of sp³-hybridized carbons (Fsp3) is 0.375. The Morgan fingerprint density at radius 2 is 1.65 bits per heavy atom. The van der Waals surface area contributed by atoms with Gasteiger partial charge in [0.1, 0.15) is 18.1 Å². The third-order valence-electron chi connectivity index (χ3n) is 6.48. The van der Waals surface area contributed by atoms with Crippen LogP contribution in [0.25, 0.3) is 11.1 Å². The lowest BCUT2D eigenvalue weighted by molar-refractivity contribution is -0.167. The van der Waals surface area contributed by atoms with E-state index in [0.29, 0.717) is 6.42 Å². The van der Waals surface area contributed by atoms with Crippen molar-refractivity contribution in [2.45, 2.75) is 32.2 Å². The fourth-order valence-electron chi connectivity index (χ4n) is 4.50. The van der Waals surface area contributed by atoms with Gasteiger partial charge in [-0.15, -0.1) is 0 Å². The molecule has 1 fully saturated rings. The lowest BCUT2D eigenvalue weighted by Crippen LogP contribution is -2.64. The predicted octanol–water partition coefficient (Wildman–Crippen LogP) is 3.24. The molecule has 1 aliphatic carbocycles. The molecule has 4 rings (SSSR count). The first-order chi connectivity index (χ1) is 14.9. The highest BCUT2D eigenvalue weighted by Crippen LogP contribution is 2.44. The van der Waals surface area contributed by atoms with Gasteiger partial charge in [0.15, 0.2) is 0 Å². The summed E-state index contributed by atoms with van der Waals surface area (Å²) in [5, 5.41) is 11.9. The van der Waals surface area contributed by atoms with Gasteiger partial charge >= 0.3 is 12.1 Å². The standard InChI is InChI=1S/C24H26N2O5/c1-3-24(22(28)29)13-26(14-24)21(27)15(2)25-23(30)31-12-20-18-10-6-4-8-16(18)17-9-5-7-11-19(17)20/h4-11,15,20H,3,12-14H2,1-2H3,(H,25,30)(H,28,29)/t15-/m0/s1. The first kappa shape index (κ1) is 20.9. The van der Waals surface area contributed by atoms with Crippen molar-refractivity contribution in [2.24, 2.45) is 5.41 Å². The minimum Gasteiger partial charge on any atom is -0.481 e. The third kappa shape index (κ3) is 3.65. The molecule has 0 radical (unpaired) electrons. The molecule has 2 amide bonds. The van der Waals surface area contributed by atoms with Gasteiger partial charge in [-0.3, -0.25) is 9.59 Å². The Morgan fingerprint density at radius 1 is 1.10 bits per heavy atom. The van der Waals surface area contributed by atoms with Crippen molar-refractivity contribution in [2.75, 3.05) is 19.7 Å². The summed E-state index contributed by atoms with van der Waals surface area (Å²) in [7, 11) is 0. The molecule has 7 nitrogen and oxygen atoms in total. The quantitative estimate of drug-likeness (QED) is 0.745. The van der Waals surface area contributed by atoms with Crippen LogP contribution >= 0.6 is 0 Å². The number of aliphatic carboxylic acids is 1. The minimum absolute atomic E-state index is 0.0553.